The molecule has 4 bridgehead atoms. The second-order valence-electron chi connectivity index (χ2n) is 14.2. The predicted octanol–water partition coefficient (Wildman–Crippen LogP) is 1.41. The molecular formula is C38H52N2O11. The highest BCUT2D eigenvalue weighted by molar-refractivity contribution is 5.95. The molecule has 7 aliphatic rings. The molecule has 0 saturated carbocycles. The smallest absolute Gasteiger partial charge is 0.221 e. The van der Waals surface area contributed by atoms with Gasteiger partial charge in [-0.15, -0.1) is 0 Å². The van der Waals surface area contributed by atoms with E-state index in [9.17, 15) is 30.3 Å². The van der Waals surface area contributed by atoms with Crippen molar-refractivity contribution in [3.8, 4) is 0 Å². The lowest BCUT2D eigenvalue weighted by Crippen LogP contribution is -2.64. The van der Waals surface area contributed by atoms with Gasteiger partial charge in [0.1, 0.15) is 48.8 Å². The fourth-order valence-electron chi connectivity index (χ4n) is 8.00. The maximum absolute atomic E-state index is 13.0. The molecule has 0 radical (unpaired) electrons. The molecule has 2 aromatic rings. The van der Waals surface area contributed by atoms with Crippen LogP contribution in [0.15, 0.2) is 60.8 Å². The summed E-state index contributed by atoms with van der Waals surface area (Å²) in [7, 11) is 0. The summed E-state index contributed by atoms with van der Waals surface area (Å²) in [4.78, 5) is 15.3. The Morgan fingerprint density at radius 2 is 1.78 bits per heavy atom. The number of amides is 1. The van der Waals surface area contributed by atoms with Crippen molar-refractivity contribution in [1.29, 1.82) is 0 Å². The number of aliphatic hydroxyl groups excluding tert-OH is 5. The quantitative estimate of drug-likeness (QED) is 0.185. The van der Waals surface area contributed by atoms with Gasteiger partial charge in [-0.3, -0.25) is 4.79 Å². The molecule has 51 heavy (non-hydrogen) atoms. The molecule has 0 spiro atoms. The fraction of sp³-hybridized carbons (Fsp3) is 0.605. The van der Waals surface area contributed by atoms with Crippen LogP contribution in [0.25, 0.3) is 10.8 Å². The standard InChI is InChI=1S/C38H52N2O11/c1-4-9-28-38(2,3)30-23-11-6-5-10-22(23)13-14-24(30)40(28)17-15-29(43)39-16-8-19-48-34-25-12-7-18-47-35-26(20-41)50-37(32(45)31(35)44)51-36(33(34)46)27(21-42)49-25/h4-6,9-11,13-14,25-27,31-37,41-42,44-46H,1,7-8,12,15-21H2,2-3H3,(H,39,43)/b28-9+/t25-,26-,27-,31-,32-,33-,34+,35-,36?,37-/m1/s1. The van der Waals surface area contributed by atoms with Crippen LogP contribution in [0, 0.1) is 0 Å². The van der Waals surface area contributed by atoms with Gasteiger partial charge in [-0.05, 0) is 47.7 Å². The van der Waals surface area contributed by atoms with Crippen molar-refractivity contribution in [2.24, 2.45) is 0 Å². The van der Waals surface area contributed by atoms with Crippen LogP contribution in [-0.4, -0.2) is 132 Å². The summed E-state index contributed by atoms with van der Waals surface area (Å²) >= 11 is 0. The van der Waals surface area contributed by atoms with Crippen molar-refractivity contribution < 1.29 is 54.0 Å². The van der Waals surface area contributed by atoms with Crippen LogP contribution in [0.3, 0.4) is 0 Å². The Hall–Kier alpha value is -2.95. The molecule has 1 amide bonds. The number of anilines is 1. The number of carbonyl (C=O) groups excluding carboxylic acids is 1. The number of carbonyl (C=O) groups is 1. The number of nitrogens with zero attached hydrogens (tertiary/aromatic N) is 1. The number of hydrogen-bond donors (Lipinski definition) is 6. The van der Waals surface area contributed by atoms with E-state index in [-0.39, 0.29) is 31.0 Å². The SMILES string of the molecule is C=C/C=C1/N(CCC(=O)NCCCO[C@H]2[C@H]3CCCO[C@H]4[C@H](O)[C@@H](O)[C@@H](OC([C@@H](CO)O3)[C@@H]2O)O[C@@H]4CO)c2ccc3ccccc3c2C1(C)C. The topological polar surface area (TPSA) is 180 Å². The lowest BCUT2D eigenvalue weighted by Gasteiger charge is -2.47. The van der Waals surface area contributed by atoms with Crippen molar-refractivity contribution in [1.82, 2.24) is 5.32 Å². The maximum Gasteiger partial charge on any atom is 0.221 e. The Kier molecular flexibility index (Phi) is 12.1. The molecule has 9 rings (SSSR count). The van der Waals surface area contributed by atoms with Gasteiger partial charge in [-0.2, -0.15) is 0 Å². The molecule has 10 atom stereocenters. The van der Waals surface area contributed by atoms with E-state index in [0.717, 1.165) is 11.4 Å². The summed E-state index contributed by atoms with van der Waals surface area (Å²) < 4.78 is 29.7. The van der Waals surface area contributed by atoms with Gasteiger partial charge < -0.3 is 59.4 Å². The Bertz CT molecular complexity index is 1550. The van der Waals surface area contributed by atoms with E-state index < -0.39 is 74.4 Å². The van der Waals surface area contributed by atoms with E-state index in [1.807, 2.05) is 12.1 Å². The Balaban J connectivity index is 1.04. The van der Waals surface area contributed by atoms with E-state index in [0.29, 0.717) is 32.4 Å². The van der Waals surface area contributed by atoms with Crippen molar-refractivity contribution in [2.45, 2.75) is 106 Å². The summed E-state index contributed by atoms with van der Waals surface area (Å²) in [5, 5.41) is 58.2. The summed E-state index contributed by atoms with van der Waals surface area (Å²) in [6.07, 6.45) is -5.80. The number of aliphatic hydroxyl groups is 5. The van der Waals surface area contributed by atoms with Crippen molar-refractivity contribution >= 4 is 22.4 Å². The van der Waals surface area contributed by atoms with Crippen LogP contribution < -0.4 is 10.2 Å². The molecule has 1 unspecified atom stereocenters. The zero-order chi connectivity index (χ0) is 36.3. The fourth-order valence-corrected chi connectivity index (χ4v) is 8.00. The van der Waals surface area contributed by atoms with Crippen LogP contribution >= 0.6 is 0 Å². The highest BCUT2D eigenvalue weighted by Crippen LogP contribution is 2.50. The number of fused-ring (bicyclic) bond motifs is 3. The van der Waals surface area contributed by atoms with Gasteiger partial charge in [0.2, 0.25) is 5.91 Å². The first-order valence-electron chi connectivity index (χ1n) is 18.0. The summed E-state index contributed by atoms with van der Waals surface area (Å²) in [6, 6.07) is 12.6. The number of allylic oxidation sites excluding steroid dienone is 3. The second kappa shape index (κ2) is 16.4. The minimum absolute atomic E-state index is 0.0968. The zero-order valence-electron chi connectivity index (χ0n) is 29.3. The van der Waals surface area contributed by atoms with Gasteiger partial charge in [0.25, 0.3) is 0 Å². The first-order valence-corrected chi connectivity index (χ1v) is 18.0. The van der Waals surface area contributed by atoms with Crippen LogP contribution in [0.2, 0.25) is 0 Å². The Labute approximate surface area is 298 Å². The third-order valence-electron chi connectivity index (χ3n) is 10.5. The molecule has 6 fully saturated rings. The average molecular weight is 713 g/mol. The van der Waals surface area contributed by atoms with E-state index in [1.54, 1.807) is 6.08 Å². The first-order chi connectivity index (χ1) is 24.6. The third-order valence-corrected chi connectivity index (χ3v) is 10.5. The average Bonchev–Trinajstić information content (AvgIpc) is 3.36. The normalized spacial score (nSPS) is 34.2. The summed E-state index contributed by atoms with van der Waals surface area (Å²) in [5.74, 6) is -0.0968. The number of nitrogens with one attached hydrogen (secondary N) is 1. The zero-order valence-corrected chi connectivity index (χ0v) is 29.3. The van der Waals surface area contributed by atoms with Crippen molar-refractivity contribution in [3.05, 3.63) is 66.4 Å². The third kappa shape index (κ3) is 7.61. The second-order valence-corrected chi connectivity index (χ2v) is 14.2. The molecule has 0 aromatic heterocycles. The van der Waals surface area contributed by atoms with Gasteiger partial charge in [-0.1, -0.05) is 56.8 Å². The predicted molar refractivity (Wildman–Crippen MR) is 188 cm³/mol. The minimum Gasteiger partial charge on any atom is -0.394 e. The molecule has 0 aliphatic carbocycles. The van der Waals surface area contributed by atoms with E-state index in [4.69, 9.17) is 23.7 Å². The van der Waals surface area contributed by atoms with Crippen LogP contribution in [0.4, 0.5) is 5.69 Å². The Morgan fingerprint density at radius 3 is 2.55 bits per heavy atom. The lowest BCUT2D eigenvalue weighted by atomic mass is 9.81. The molecule has 13 heteroatoms. The first kappa shape index (κ1) is 37.8. The molecule has 7 aliphatic heterocycles. The molecule has 280 valence electrons. The van der Waals surface area contributed by atoms with E-state index in [1.165, 1.54) is 16.3 Å². The van der Waals surface area contributed by atoms with Crippen LogP contribution in [0.5, 0.6) is 0 Å². The van der Waals surface area contributed by atoms with E-state index in [2.05, 4.69) is 61.0 Å². The van der Waals surface area contributed by atoms with Crippen molar-refractivity contribution in [2.75, 3.05) is 44.4 Å². The van der Waals surface area contributed by atoms with Gasteiger partial charge in [0.05, 0.1) is 19.3 Å². The van der Waals surface area contributed by atoms with Crippen LogP contribution in [-0.2, 0) is 33.9 Å². The van der Waals surface area contributed by atoms with Gasteiger partial charge >= 0.3 is 0 Å². The van der Waals surface area contributed by atoms with Gasteiger partial charge in [-0.25, -0.2) is 0 Å². The molecule has 6 saturated heterocycles. The van der Waals surface area contributed by atoms with Gasteiger partial charge in [0, 0.05) is 49.5 Å². The van der Waals surface area contributed by atoms with Gasteiger partial charge in [0.15, 0.2) is 6.29 Å². The number of benzene rings is 2. The highest BCUT2D eigenvalue weighted by atomic mass is 16.7. The Morgan fingerprint density at radius 1 is 1.02 bits per heavy atom. The minimum atomic E-state index is -1.54. The summed E-state index contributed by atoms with van der Waals surface area (Å²) in [5.41, 5.74) is 3.14. The highest BCUT2D eigenvalue weighted by Gasteiger charge is 2.52. The lowest BCUT2D eigenvalue weighted by molar-refractivity contribution is -0.344. The number of ether oxygens (including phenoxy) is 5. The molecule has 2 aromatic carbocycles. The molecule has 6 N–H and O–H groups in total. The monoisotopic (exact) mass is 712 g/mol. The number of rotatable bonds is 11. The molecular weight excluding hydrogens is 660 g/mol. The molecule has 7 heterocycles. The van der Waals surface area contributed by atoms with Crippen molar-refractivity contribution in [3.63, 3.8) is 0 Å². The maximum atomic E-state index is 13.0. The van der Waals surface area contributed by atoms with Crippen LogP contribution in [0.1, 0.15) is 45.1 Å². The van der Waals surface area contributed by atoms with E-state index >= 15 is 0 Å². The number of hydrogen-bond acceptors (Lipinski definition) is 12. The molecule has 13 nitrogen and oxygen atoms in total. The largest absolute Gasteiger partial charge is 0.394 e. The summed E-state index contributed by atoms with van der Waals surface area (Å²) in [6.45, 7) is 8.58.